The Morgan fingerprint density at radius 1 is 1.35 bits per heavy atom. The molecular weight excluding hydrogens is 278 g/mol. The van der Waals surface area contributed by atoms with Crippen molar-refractivity contribution in [3.63, 3.8) is 0 Å². The summed E-state index contributed by atoms with van der Waals surface area (Å²) in [5.74, 6) is 0.487. The Hall–Kier alpha value is -1.85. The number of amides is 1. The third-order valence-electron chi connectivity index (χ3n) is 2.71. The van der Waals surface area contributed by atoms with Crippen molar-refractivity contribution in [3.8, 4) is 11.5 Å². The monoisotopic (exact) mass is 295 g/mol. The fraction of sp³-hybridized carbons (Fsp3) is 0.286. The van der Waals surface area contributed by atoms with Gasteiger partial charge in [-0.3, -0.25) is 4.79 Å². The number of carbonyl (C=O) groups is 1. The Kier molecular flexibility index (Phi) is 5.73. The first-order chi connectivity index (χ1) is 9.10. The number of likely N-dealkylation sites (N-methyl/N-ethyl adjacent to an activating group) is 1. The molecule has 0 fully saturated rings. The number of anilines is 1. The van der Waals surface area contributed by atoms with Gasteiger partial charge in [0.15, 0.2) is 0 Å². The standard InChI is InChI=1S/C14H17N3O2.ClH/c1-9-4-5-11(17-13(18)7-15-3)6-12(9)14-16-10(2)8-19-14;/h4-6,8,15H,7H2,1-3H3,(H,17,18);1H. The summed E-state index contributed by atoms with van der Waals surface area (Å²) in [7, 11) is 1.73. The van der Waals surface area contributed by atoms with Gasteiger partial charge in [-0.25, -0.2) is 4.98 Å². The lowest BCUT2D eigenvalue weighted by Gasteiger charge is -2.08. The van der Waals surface area contributed by atoms with Crippen LogP contribution in [0, 0.1) is 13.8 Å². The molecule has 108 valence electrons. The van der Waals surface area contributed by atoms with Crippen molar-refractivity contribution in [1.29, 1.82) is 0 Å². The van der Waals surface area contributed by atoms with Crippen LogP contribution in [0.4, 0.5) is 5.69 Å². The summed E-state index contributed by atoms with van der Waals surface area (Å²) in [6.45, 7) is 4.14. The van der Waals surface area contributed by atoms with Crippen LogP contribution in [0.25, 0.3) is 11.5 Å². The predicted octanol–water partition coefficient (Wildman–Crippen LogP) is 2.54. The molecule has 1 amide bonds. The number of aryl methyl sites for hydroxylation is 2. The van der Waals surface area contributed by atoms with Gasteiger partial charge in [-0.2, -0.15) is 0 Å². The van der Waals surface area contributed by atoms with Gasteiger partial charge in [-0.05, 0) is 38.6 Å². The minimum absolute atomic E-state index is 0. The number of nitrogens with one attached hydrogen (secondary N) is 2. The smallest absolute Gasteiger partial charge is 0.238 e. The fourth-order valence-corrected chi connectivity index (χ4v) is 1.77. The molecule has 2 rings (SSSR count). The molecule has 1 aromatic carbocycles. The van der Waals surface area contributed by atoms with Crippen molar-refractivity contribution >= 4 is 24.0 Å². The number of aromatic nitrogens is 1. The minimum Gasteiger partial charge on any atom is -0.444 e. The lowest BCUT2D eigenvalue weighted by atomic mass is 10.1. The SMILES string of the molecule is CNCC(=O)Nc1ccc(C)c(-c2nc(C)co2)c1.Cl. The highest BCUT2D eigenvalue weighted by Gasteiger charge is 2.10. The molecule has 0 aliphatic rings. The van der Waals surface area contributed by atoms with Crippen molar-refractivity contribution in [3.05, 3.63) is 35.7 Å². The van der Waals surface area contributed by atoms with Crippen molar-refractivity contribution in [1.82, 2.24) is 10.3 Å². The van der Waals surface area contributed by atoms with Crippen LogP contribution in [-0.4, -0.2) is 24.5 Å². The van der Waals surface area contributed by atoms with Crippen LogP contribution in [0.5, 0.6) is 0 Å². The van der Waals surface area contributed by atoms with Crippen molar-refractivity contribution in [2.75, 3.05) is 18.9 Å². The van der Waals surface area contributed by atoms with Gasteiger partial charge in [0, 0.05) is 11.3 Å². The largest absolute Gasteiger partial charge is 0.444 e. The molecule has 6 heteroatoms. The van der Waals surface area contributed by atoms with E-state index < -0.39 is 0 Å². The van der Waals surface area contributed by atoms with Crippen molar-refractivity contribution in [2.45, 2.75) is 13.8 Å². The highest BCUT2D eigenvalue weighted by molar-refractivity contribution is 5.92. The molecule has 0 unspecified atom stereocenters. The van der Waals surface area contributed by atoms with E-state index >= 15 is 0 Å². The minimum atomic E-state index is -0.0825. The van der Waals surface area contributed by atoms with Crippen LogP contribution in [0.3, 0.4) is 0 Å². The van der Waals surface area contributed by atoms with Crippen LogP contribution in [-0.2, 0) is 4.79 Å². The number of nitrogens with zero attached hydrogens (tertiary/aromatic N) is 1. The van der Waals surface area contributed by atoms with E-state index in [1.165, 1.54) is 0 Å². The summed E-state index contributed by atoms with van der Waals surface area (Å²) in [5.41, 5.74) is 3.50. The molecule has 0 aliphatic carbocycles. The number of rotatable bonds is 4. The lowest BCUT2D eigenvalue weighted by molar-refractivity contribution is -0.115. The number of halogens is 1. The first-order valence-corrected chi connectivity index (χ1v) is 6.07. The summed E-state index contributed by atoms with van der Waals surface area (Å²) in [4.78, 5) is 15.8. The molecule has 1 aromatic heterocycles. The zero-order valence-electron chi connectivity index (χ0n) is 11.7. The average molecular weight is 296 g/mol. The molecular formula is C14H18ClN3O2. The summed E-state index contributed by atoms with van der Waals surface area (Å²) >= 11 is 0. The summed E-state index contributed by atoms with van der Waals surface area (Å²) in [6, 6.07) is 5.67. The predicted molar refractivity (Wildman–Crippen MR) is 81.2 cm³/mol. The first kappa shape index (κ1) is 16.2. The summed E-state index contributed by atoms with van der Waals surface area (Å²) in [5, 5.41) is 5.62. The molecule has 0 aliphatic heterocycles. The highest BCUT2D eigenvalue weighted by Crippen LogP contribution is 2.25. The van der Waals surface area contributed by atoms with E-state index in [1.54, 1.807) is 13.3 Å². The Balaban J connectivity index is 0.00000200. The van der Waals surface area contributed by atoms with Gasteiger partial charge in [0.2, 0.25) is 11.8 Å². The summed E-state index contributed by atoms with van der Waals surface area (Å²) < 4.78 is 5.40. The molecule has 0 bridgehead atoms. The fourth-order valence-electron chi connectivity index (χ4n) is 1.77. The molecule has 2 N–H and O–H groups in total. The number of oxazole rings is 1. The lowest BCUT2D eigenvalue weighted by Crippen LogP contribution is -2.25. The maximum Gasteiger partial charge on any atom is 0.238 e. The number of carbonyl (C=O) groups excluding carboxylic acids is 1. The van der Waals surface area contributed by atoms with Gasteiger partial charge in [0.1, 0.15) is 6.26 Å². The highest BCUT2D eigenvalue weighted by atomic mass is 35.5. The molecule has 5 nitrogen and oxygen atoms in total. The van der Waals surface area contributed by atoms with Gasteiger partial charge < -0.3 is 15.1 Å². The second kappa shape index (κ2) is 7.07. The van der Waals surface area contributed by atoms with Gasteiger partial charge in [-0.15, -0.1) is 12.4 Å². The van der Waals surface area contributed by atoms with E-state index in [2.05, 4.69) is 15.6 Å². The van der Waals surface area contributed by atoms with E-state index in [9.17, 15) is 4.79 Å². The maximum atomic E-state index is 11.5. The third-order valence-corrected chi connectivity index (χ3v) is 2.71. The Morgan fingerprint density at radius 2 is 2.10 bits per heavy atom. The van der Waals surface area contributed by atoms with Gasteiger partial charge in [0.05, 0.1) is 12.2 Å². The van der Waals surface area contributed by atoms with Gasteiger partial charge in [0.25, 0.3) is 0 Å². The molecule has 0 radical (unpaired) electrons. The summed E-state index contributed by atoms with van der Waals surface area (Å²) in [6.07, 6.45) is 1.61. The normalized spacial score (nSPS) is 9.95. The maximum absolute atomic E-state index is 11.5. The number of hydrogen-bond donors (Lipinski definition) is 2. The van der Waals surface area contributed by atoms with Crippen LogP contribution in [0.15, 0.2) is 28.9 Å². The molecule has 0 saturated carbocycles. The van der Waals surface area contributed by atoms with E-state index in [0.29, 0.717) is 5.89 Å². The zero-order chi connectivity index (χ0) is 13.8. The molecule has 0 atom stereocenters. The van der Waals surface area contributed by atoms with E-state index in [0.717, 1.165) is 22.5 Å². The van der Waals surface area contributed by atoms with Gasteiger partial charge >= 0.3 is 0 Å². The zero-order valence-corrected chi connectivity index (χ0v) is 12.5. The third kappa shape index (κ3) is 3.82. The van der Waals surface area contributed by atoms with E-state index in [1.807, 2.05) is 32.0 Å². The number of benzene rings is 1. The van der Waals surface area contributed by atoms with E-state index in [4.69, 9.17) is 4.42 Å². The van der Waals surface area contributed by atoms with Crippen molar-refractivity contribution in [2.24, 2.45) is 0 Å². The molecule has 0 saturated heterocycles. The van der Waals surface area contributed by atoms with Crippen LogP contribution in [0.2, 0.25) is 0 Å². The molecule has 2 aromatic rings. The topological polar surface area (TPSA) is 67.2 Å². The van der Waals surface area contributed by atoms with Gasteiger partial charge in [-0.1, -0.05) is 6.07 Å². The van der Waals surface area contributed by atoms with Crippen molar-refractivity contribution < 1.29 is 9.21 Å². The van der Waals surface area contributed by atoms with E-state index in [-0.39, 0.29) is 24.9 Å². The Bertz CT molecular complexity index is 596. The quantitative estimate of drug-likeness (QED) is 0.909. The second-order valence-corrected chi connectivity index (χ2v) is 4.40. The first-order valence-electron chi connectivity index (χ1n) is 6.07. The second-order valence-electron chi connectivity index (χ2n) is 4.40. The van der Waals surface area contributed by atoms with Crippen LogP contribution in [0.1, 0.15) is 11.3 Å². The van der Waals surface area contributed by atoms with Crippen LogP contribution < -0.4 is 10.6 Å². The Labute approximate surface area is 124 Å². The molecule has 20 heavy (non-hydrogen) atoms. The Morgan fingerprint density at radius 3 is 2.70 bits per heavy atom. The number of hydrogen-bond acceptors (Lipinski definition) is 4. The molecule has 0 spiro atoms. The van der Waals surface area contributed by atoms with Crippen LogP contribution >= 0.6 is 12.4 Å². The molecule has 1 heterocycles. The average Bonchev–Trinajstić information content (AvgIpc) is 2.78.